The first kappa shape index (κ1) is 16.4. The molecule has 0 saturated heterocycles. The fraction of sp³-hybridized carbons (Fsp3) is 0.667. The summed E-state index contributed by atoms with van der Waals surface area (Å²) < 4.78 is 0. The maximum absolute atomic E-state index is 2.62. The molecule has 0 aliphatic heterocycles. The van der Waals surface area contributed by atoms with Gasteiger partial charge in [-0.25, -0.2) is 0 Å². The van der Waals surface area contributed by atoms with Gasteiger partial charge in [-0.2, -0.15) is 0 Å². The Morgan fingerprint density at radius 1 is 0.458 bits per heavy atom. The predicted octanol–water partition coefficient (Wildman–Crippen LogP) is 7.44. The fourth-order valence-corrected chi connectivity index (χ4v) is 5.22. The predicted molar refractivity (Wildman–Crippen MR) is 104 cm³/mol. The maximum atomic E-state index is 2.62. The van der Waals surface area contributed by atoms with Gasteiger partial charge in [0, 0.05) is 0 Å². The van der Waals surface area contributed by atoms with Gasteiger partial charge >= 0.3 is 0 Å². The maximum Gasteiger partial charge on any atom is -0.00413 e. The zero-order valence-corrected chi connectivity index (χ0v) is 15.4. The number of rotatable bonds is 3. The van der Waals surface area contributed by atoms with Crippen molar-refractivity contribution >= 4 is 0 Å². The molecule has 4 aliphatic rings. The van der Waals surface area contributed by atoms with Crippen molar-refractivity contribution in [3.63, 3.8) is 0 Å². The van der Waals surface area contributed by atoms with Crippen LogP contribution in [-0.4, -0.2) is 0 Å². The van der Waals surface area contributed by atoms with Crippen LogP contribution in [0.3, 0.4) is 0 Å². The van der Waals surface area contributed by atoms with Crippen LogP contribution >= 0.6 is 0 Å². The van der Waals surface area contributed by atoms with E-state index in [1.165, 1.54) is 89.9 Å². The van der Waals surface area contributed by atoms with E-state index in [4.69, 9.17) is 0 Å². The summed E-state index contributed by atoms with van der Waals surface area (Å²) in [4.78, 5) is 0. The zero-order chi connectivity index (χ0) is 16.2. The normalized spacial score (nSPS) is 26.2. The Balaban J connectivity index is 1.34. The minimum Gasteiger partial charge on any atom is -0.0741 e. The average Bonchev–Trinajstić information content (AvgIpc) is 3.09. The standard InChI is InChI=1S/C24H34/c1-2-6-10-22-16-19(15-21(22)9-5-1)13-14-20-17-23-11-7-3-4-8-12-24(23)18-20/h15-20H,1-14H2. The molecule has 0 aromatic heterocycles. The third-order valence-electron chi connectivity index (χ3n) is 6.60. The number of allylic oxidation sites excluding steroid dienone is 8. The zero-order valence-electron chi connectivity index (χ0n) is 15.4. The topological polar surface area (TPSA) is 0 Å². The molecule has 0 unspecified atom stereocenters. The first-order chi connectivity index (χ1) is 11.9. The van der Waals surface area contributed by atoms with Crippen LogP contribution in [0.25, 0.3) is 0 Å². The second-order valence-corrected chi connectivity index (χ2v) is 8.50. The SMILES string of the molecule is C1=C2CCCCCCC2=CC1CCC1C=C2CCCCCCC2=C1. The molecule has 0 aromatic carbocycles. The van der Waals surface area contributed by atoms with Crippen molar-refractivity contribution in [3.05, 3.63) is 46.6 Å². The van der Waals surface area contributed by atoms with Crippen molar-refractivity contribution in [1.82, 2.24) is 0 Å². The molecule has 0 atom stereocenters. The van der Waals surface area contributed by atoms with Gasteiger partial charge in [-0.05, 0) is 98.3 Å². The number of hydrogen-bond acceptors (Lipinski definition) is 0. The van der Waals surface area contributed by atoms with Gasteiger partial charge in [-0.3, -0.25) is 0 Å². The summed E-state index contributed by atoms with van der Waals surface area (Å²) in [5.74, 6) is 1.47. The van der Waals surface area contributed by atoms with Crippen molar-refractivity contribution in [1.29, 1.82) is 0 Å². The van der Waals surface area contributed by atoms with E-state index in [1.54, 1.807) is 22.3 Å². The highest BCUT2D eigenvalue weighted by molar-refractivity contribution is 5.41. The van der Waals surface area contributed by atoms with Crippen LogP contribution in [-0.2, 0) is 0 Å². The summed E-state index contributed by atoms with van der Waals surface area (Å²) in [6.45, 7) is 0. The molecule has 4 aliphatic carbocycles. The summed E-state index contributed by atoms with van der Waals surface area (Å²) in [7, 11) is 0. The van der Waals surface area contributed by atoms with Crippen molar-refractivity contribution in [2.24, 2.45) is 11.8 Å². The summed E-state index contributed by atoms with van der Waals surface area (Å²) in [5, 5.41) is 0. The largest absolute Gasteiger partial charge is 0.0741 e. The van der Waals surface area contributed by atoms with Gasteiger partial charge in [-0.15, -0.1) is 0 Å². The molecule has 2 saturated carbocycles. The highest BCUT2D eigenvalue weighted by Gasteiger charge is 2.22. The van der Waals surface area contributed by atoms with Gasteiger partial charge < -0.3 is 0 Å². The molecule has 24 heavy (non-hydrogen) atoms. The molecule has 0 aromatic rings. The fourth-order valence-electron chi connectivity index (χ4n) is 5.22. The Morgan fingerprint density at radius 2 is 0.750 bits per heavy atom. The minimum atomic E-state index is 0.734. The van der Waals surface area contributed by atoms with Crippen molar-refractivity contribution < 1.29 is 0 Å². The van der Waals surface area contributed by atoms with Crippen molar-refractivity contribution in [2.75, 3.05) is 0 Å². The van der Waals surface area contributed by atoms with E-state index in [-0.39, 0.29) is 0 Å². The molecule has 0 nitrogen and oxygen atoms in total. The summed E-state index contributed by atoms with van der Waals surface area (Å²) >= 11 is 0. The van der Waals surface area contributed by atoms with Crippen LogP contribution in [0, 0.1) is 11.8 Å². The van der Waals surface area contributed by atoms with Gasteiger partial charge in [-0.1, -0.05) is 50.0 Å². The van der Waals surface area contributed by atoms with Gasteiger partial charge in [0.15, 0.2) is 0 Å². The highest BCUT2D eigenvalue weighted by Crippen LogP contribution is 2.38. The van der Waals surface area contributed by atoms with E-state index in [0.717, 1.165) is 11.8 Å². The van der Waals surface area contributed by atoms with E-state index in [0.29, 0.717) is 0 Å². The molecule has 0 spiro atoms. The molecule has 4 rings (SSSR count). The molecule has 0 N–H and O–H groups in total. The Hall–Kier alpha value is -1.04. The highest BCUT2D eigenvalue weighted by atomic mass is 14.3. The van der Waals surface area contributed by atoms with E-state index in [2.05, 4.69) is 24.3 Å². The smallest absolute Gasteiger partial charge is 0.00413 e. The Kier molecular flexibility index (Phi) is 5.40. The third-order valence-corrected chi connectivity index (χ3v) is 6.60. The molecule has 0 amide bonds. The van der Waals surface area contributed by atoms with Gasteiger partial charge in [0.05, 0.1) is 0 Å². The van der Waals surface area contributed by atoms with E-state index in [1.807, 2.05) is 0 Å². The van der Waals surface area contributed by atoms with Gasteiger partial charge in [0.2, 0.25) is 0 Å². The van der Waals surface area contributed by atoms with E-state index >= 15 is 0 Å². The Labute approximate surface area is 148 Å². The molecule has 0 radical (unpaired) electrons. The van der Waals surface area contributed by atoms with Crippen LogP contribution in [0.15, 0.2) is 46.6 Å². The van der Waals surface area contributed by atoms with Crippen LogP contribution < -0.4 is 0 Å². The summed E-state index contributed by atoms with van der Waals surface area (Å²) in [5.41, 5.74) is 6.85. The second kappa shape index (κ2) is 7.89. The van der Waals surface area contributed by atoms with Crippen LogP contribution in [0.2, 0.25) is 0 Å². The first-order valence-corrected chi connectivity index (χ1v) is 10.7. The molecule has 0 heterocycles. The van der Waals surface area contributed by atoms with Crippen molar-refractivity contribution in [3.8, 4) is 0 Å². The van der Waals surface area contributed by atoms with Crippen molar-refractivity contribution in [2.45, 2.75) is 89.9 Å². The number of hydrogen-bond donors (Lipinski definition) is 0. The third kappa shape index (κ3) is 3.95. The lowest BCUT2D eigenvalue weighted by molar-refractivity contribution is 0.601. The van der Waals surface area contributed by atoms with Crippen LogP contribution in [0.1, 0.15) is 89.9 Å². The molecule has 0 heteroatoms. The summed E-state index contributed by atoms with van der Waals surface area (Å²) in [6.07, 6.45) is 30.0. The summed E-state index contributed by atoms with van der Waals surface area (Å²) in [6, 6.07) is 0. The van der Waals surface area contributed by atoms with E-state index < -0.39 is 0 Å². The van der Waals surface area contributed by atoms with Gasteiger partial charge in [0.25, 0.3) is 0 Å². The van der Waals surface area contributed by atoms with E-state index in [9.17, 15) is 0 Å². The molecule has 2 fully saturated rings. The van der Waals surface area contributed by atoms with Crippen LogP contribution in [0.4, 0.5) is 0 Å². The quantitative estimate of drug-likeness (QED) is 0.506. The minimum absolute atomic E-state index is 0.734. The molecule has 130 valence electrons. The Bertz CT molecular complexity index is 469. The molecule has 0 bridgehead atoms. The Morgan fingerprint density at radius 3 is 1.04 bits per heavy atom. The molecular weight excluding hydrogens is 288 g/mol. The molecular formula is C24H34. The lowest BCUT2D eigenvalue weighted by Crippen LogP contribution is -1.96. The monoisotopic (exact) mass is 322 g/mol. The van der Waals surface area contributed by atoms with Crippen LogP contribution in [0.5, 0.6) is 0 Å². The first-order valence-electron chi connectivity index (χ1n) is 10.7. The lowest BCUT2D eigenvalue weighted by Gasteiger charge is -2.12. The lowest BCUT2D eigenvalue weighted by atomic mass is 9.94. The number of fused-ring (bicyclic) bond motifs is 2. The second-order valence-electron chi connectivity index (χ2n) is 8.50. The van der Waals surface area contributed by atoms with Gasteiger partial charge in [0.1, 0.15) is 0 Å². The average molecular weight is 323 g/mol.